The predicted molar refractivity (Wildman–Crippen MR) is 153 cm³/mol. The molecule has 0 bridgehead atoms. The molecule has 0 heterocycles. The Morgan fingerprint density at radius 3 is 2.30 bits per heavy atom. The van der Waals surface area contributed by atoms with E-state index in [1.807, 2.05) is 79.7 Å². The summed E-state index contributed by atoms with van der Waals surface area (Å²) in [7, 11) is 0. The second-order valence-electron chi connectivity index (χ2n) is 9.26. The number of nitrogens with one attached hydrogen (secondary N) is 1. The lowest BCUT2D eigenvalue weighted by Crippen LogP contribution is -2.51. The van der Waals surface area contributed by atoms with Crippen LogP contribution in [0.1, 0.15) is 48.9 Å². The van der Waals surface area contributed by atoms with Gasteiger partial charge in [0.25, 0.3) is 5.91 Å². The van der Waals surface area contributed by atoms with Gasteiger partial charge in [-0.1, -0.05) is 86.5 Å². The molecule has 3 rings (SSSR count). The first kappa shape index (κ1) is 28.5. The summed E-state index contributed by atoms with van der Waals surface area (Å²) in [6, 6.07) is 23.1. The Balaban J connectivity index is 1.88. The van der Waals surface area contributed by atoms with Gasteiger partial charge in [0.15, 0.2) is 6.61 Å². The maximum Gasteiger partial charge on any atom is 0.261 e. The van der Waals surface area contributed by atoms with Crippen molar-refractivity contribution in [3.8, 4) is 5.75 Å². The number of hydrogen-bond acceptors (Lipinski definition) is 3. The van der Waals surface area contributed by atoms with Crippen LogP contribution in [0, 0.1) is 6.92 Å². The minimum absolute atomic E-state index is 0.147. The zero-order valence-electron chi connectivity index (χ0n) is 22.0. The van der Waals surface area contributed by atoms with Gasteiger partial charge in [-0.25, -0.2) is 0 Å². The van der Waals surface area contributed by atoms with Crippen molar-refractivity contribution in [1.29, 1.82) is 0 Å². The topological polar surface area (TPSA) is 58.6 Å². The van der Waals surface area contributed by atoms with Crippen molar-refractivity contribution in [2.24, 2.45) is 0 Å². The van der Waals surface area contributed by atoms with E-state index in [1.165, 1.54) is 5.56 Å². The number of benzene rings is 3. The van der Waals surface area contributed by atoms with Crippen LogP contribution in [0.5, 0.6) is 5.75 Å². The van der Waals surface area contributed by atoms with Gasteiger partial charge >= 0.3 is 0 Å². The number of rotatable bonds is 13. The molecule has 5 nitrogen and oxygen atoms in total. The van der Waals surface area contributed by atoms with Gasteiger partial charge in [0, 0.05) is 19.5 Å². The molecule has 0 saturated carbocycles. The highest BCUT2D eigenvalue weighted by Gasteiger charge is 2.30. The third-order valence-electron chi connectivity index (χ3n) is 6.33. The van der Waals surface area contributed by atoms with Crippen LogP contribution in [0.15, 0.2) is 77.3 Å². The molecule has 2 amide bonds. The number of unbranched alkanes of at least 4 members (excludes halogenated alkanes) is 1. The standard InChI is InChI=1S/C31H37BrN2O3/c1-4-6-18-33-31(36)28(20-25-10-8-7-9-11-25)34(21-26-14-12-23(3)13-15-26)30(35)22-37-29-17-16-24(5-2)19-27(29)32/h7-17,19,28H,4-6,18,20-22H2,1-3H3,(H,33,36)/t28-/m1/s1. The lowest BCUT2D eigenvalue weighted by Gasteiger charge is -2.31. The first-order chi connectivity index (χ1) is 17.9. The SMILES string of the molecule is CCCCNC(=O)[C@@H](Cc1ccccc1)N(Cc1ccc(C)cc1)C(=O)COc1ccc(CC)cc1Br. The summed E-state index contributed by atoms with van der Waals surface area (Å²) in [5, 5.41) is 3.05. The van der Waals surface area contributed by atoms with Crippen molar-refractivity contribution in [2.75, 3.05) is 13.2 Å². The fourth-order valence-corrected chi connectivity index (χ4v) is 4.59. The van der Waals surface area contributed by atoms with E-state index in [1.54, 1.807) is 4.90 Å². The average Bonchev–Trinajstić information content (AvgIpc) is 2.91. The number of carbonyl (C=O) groups excluding carboxylic acids is 2. The minimum atomic E-state index is -0.664. The molecule has 0 unspecified atom stereocenters. The van der Waals surface area contributed by atoms with Crippen LogP contribution in [-0.2, 0) is 29.0 Å². The third kappa shape index (κ3) is 8.74. The first-order valence-electron chi connectivity index (χ1n) is 13.0. The largest absolute Gasteiger partial charge is 0.483 e. The van der Waals surface area contributed by atoms with E-state index in [4.69, 9.17) is 4.74 Å². The summed E-state index contributed by atoms with van der Waals surface area (Å²) in [5.74, 6) is 0.220. The summed E-state index contributed by atoms with van der Waals surface area (Å²) < 4.78 is 6.75. The molecule has 196 valence electrons. The molecular formula is C31H37BrN2O3. The average molecular weight is 566 g/mol. The van der Waals surface area contributed by atoms with Crippen molar-refractivity contribution >= 4 is 27.7 Å². The predicted octanol–water partition coefficient (Wildman–Crippen LogP) is 6.26. The third-order valence-corrected chi connectivity index (χ3v) is 6.95. The van der Waals surface area contributed by atoms with Crippen LogP contribution in [0.25, 0.3) is 0 Å². The van der Waals surface area contributed by atoms with Crippen molar-refractivity contribution < 1.29 is 14.3 Å². The molecule has 0 aromatic heterocycles. The smallest absolute Gasteiger partial charge is 0.261 e. The van der Waals surface area contributed by atoms with Gasteiger partial charge < -0.3 is 15.0 Å². The van der Waals surface area contributed by atoms with Gasteiger partial charge in [-0.2, -0.15) is 0 Å². The van der Waals surface area contributed by atoms with E-state index < -0.39 is 6.04 Å². The summed E-state index contributed by atoms with van der Waals surface area (Å²) >= 11 is 3.55. The molecule has 0 spiro atoms. The van der Waals surface area contributed by atoms with Gasteiger partial charge in [-0.15, -0.1) is 0 Å². The molecular weight excluding hydrogens is 528 g/mol. The van der Waals surface area contributed by atoms with Gasteiger partial charge in [0.1, 0.15) is 11.8 Å². The number of halogens is 1. The Morgan fingerprint density at radius 2 is 1.65 bits per heavy atom. The van der Waals surface area contributed by atoms with Crippen molar-refractivity contribution in [3.63, 3.8) is 0 Å². The molecule has 3 aromatic rings. The van der Waals surface area contributed by atoms with E-state index in [9.17, 15) is 9.59 Å². The Labute approximate surface area is 229 Å². The number of nitrogens with zero attached hydrogens (tertiary/aromatic N) is 1. The minimum Gasteiger partial charge on any atom is -0.483 e. The maximum atomic E-state index is 13.7. The van der Waals surface area contributed by atoms with Crippen molar-refractivity contribution in [2.45, 2.75) is 59.0 Å². The normalized spacial score (nSPS) is 11.6. The summed E-state index contributed by atoms with van der Waals surface area (Å²) in [6.45, 7) is 6.94. The molecule has 1 atom stereocenters. The molecule has 0 saturated heterocycles. The molecule has 37 heavy (non-hydrogen) atoms. The lowest BCUT2D eigenvalue weighted by molar-refractivity contribution is -0.142. The summed E-state index contributed by atoms with van der Waals surface area (Å²) in [4.78, 5) is 28.8. The van der Waals surface area contributed by atoms with Gasteiger partial charge in [0.05, 0.1) is 4.47 Å². The first-order valence-corrected chi connectivity index (χ1v) is 13.8. The molecule has 0 fully saturated rings. The van der Waals surface area contributed by atoms with E-state index >= 15 is 0 Å². The number of carbonyl (C=O) groups is 2. The van der Waals surface area contributed by atoms with Gasteiger partial charge in [-0.3, -0.25) is 9.59 Å². The van der Waals surface area contributed by atoms with E-state index in [2.05, 4.69) is 35.1 Å². The van der Waals surface area contributed by atoms with Crippen LogP contribution in [0.2, 0.25) is 0 Å². The summed E-state index contributed by atoms with van der Waals surface area (Å²) in [6.07, 6.45) is 3.21. The summed E-state index contributed by atoms with van der Waals surface area (Å²) in [5.41, 5.74) is 4.28. The zero-order chi connectivity index (χ0) is 26.6. The quantitative estimate of drug-likeness (QED) is 0.249. The van der Waals surface area contributed by atoms with Crippen molar-refractivity contribution in [3.05, 3.63) is 99.5 Å². The van der Waals surface area contributed by atoms with Crippen LogP contribution in [0.4, 0.5) is 0 Å². The molecule has 0 radical (unpaired) electrons. The molecule has 1 N–H and O–H groups in total. The van der Waals surface area contributed by atoms with E-state index in [0.717, 1.165) is 40.4 Å². The zero-order valence-corrected chi connectivity index (χ0v) is 23.6. The lowest BCUT2D eigenvalue weighted by atomic mass is 10.0. The Morgan fingerprint density at radius 1 is 0.946 bits per heavy atom. The molecule has 3 aromatic carbocycles. The molecule has 0 aliphatic heterocycles. The number of hydrogen-bond donors (Lipinski definition) is 1. The van der Waals surface area contributed by atoms with E-state index in [-0.39, 0.29) is 18.4 Å². The fourth-order valence-electron chi connectivity index (χ4n) is 4.05. The van der Waals surface area contributed by atoms with Crippen LogP contribution in [-0.4, -0.2) is 35.9 Å². The Hall–Kier alpha value is -3.12. The Bertz CT molecular complexity index is 1150. The Kier molecular flexibility index (Phi) is 11.2. The molecule has 0 aliphatic rings. The van der Waals surface area contributed by atoms with Crippen LogP contribution in [0.3, 0.4) is 0 Å². The molecule has 6 heteroatoms. The number of ether oxygens (including phenoxy) is 1. The molecule has 0 aliphatic carbocycles. The van der Waals surface area contributed by atoms with Crippen molar-refractivity contribution in [1.82, 2.24) is 10.2 Å². The number of amides is 2. The van der Waals surface area contributed by atoms with Gasteiger partial charge in [-0.05, 0) is 64.5 Å². The second-order valence-corrected chi connectivity index (χ2v) is 10.1. The fraction of sp³-hybridized carbons (Fsp3) is 0.355. The second kappa shape index (κ2) is 14.6. The monoisotopic (exact) mass is 564 g/mol. The number of aryl methyl sites for hydroxylation is 2. The van der Waals surface area contributed by atoms with Gasteiger partial charge in [0.2, 0.25) is 5.91 Å². The highest BCUT2D eigenvalue weighted by Crippen LogP contribution is 2.26. The highest BCUT2D eigenvalue weighted by molar-refractivity contribution is 9.10. The van der Waals surface area contributed by atoms with E-state index in [0.29, 0.717) is 25.3 Å². The highest BCUT2D eigenvalue weighted by atomic mass is 79.9. The van der Waals surface area contributed by atoms with Crippen LogP contribution < -0.4 is 10.1 Å². The maximum absolute atomic E-state index is 13.7. The van der Waals surface area contributed by atoms with Crippen LogP contribution >= 0.6 is 15.9 Å².